The Morgan fingerprint density at radius 3 is 2.35 bits per heavy atom. The van der Waals surface area contributed by atoms with E-state index in [9.17, 15) is 0 Å². The SMILES string of the molecule is CCC(C)(C)/C=C1\N=C(c2c3cc4c(cc3c3ccccn23)C(C)(C)c2c-4ccc3ccccc23)Cc2ccc(C(C)(C)C)cc21. The highest BCUT2D eigenvalue weighted by molar-refractivity contribution is 6.19. The lowest BCUT2D eigenvalue weighted by molar-refractivity contribution is 0.463. The minimum Gasteiger partial charge on any atom is -0.314 e. The lowest BCUT2D eigenvalue weighted by atomic mass is 9.80. The lowest BCUT2D eigenvalue weighted by Gasteiger charge is -2.26. The van der Waals surface area contributed by atoms with Gasteiger partial charge in [0.2, 0.25) is 0 Å². The Morgan fingerprint density at radius 1 is 0.783 bits per heavy atom. The average Bonchev–Trinajstić information content (AvgIpc) is 3.47. The molecule has 0 radical (unpaired) electrons. The summed E-state index contributed by atoms with van der Waals surface area (Å²) < 4.78 is 2.39. The van der Waals surface area contributed by atoms with Crippen LogP contribution in [0.5, 0.6) is 0 Å². The first-order chi connectivity index (χ1) is 21.9. The summed E-state index contributed by atoms with van der Waals surface area (Å²) in [6, 6.07) is 32.1. The molecule has 0 amide bonds. The molecule has 0 atom stereocenters. The van der Waals surface area contributed by atoms with Gasteiger partial charge < -0.3 is 4.40 Å². The van der Waals surface area contributed by atoms with E-state index < -0.39 is 0 Å². The third kappa shape index (κ3) is 4.26. The number of nitrogens with zero attached hydrogens (tertiary/aromatic N) is 2. The molecule has 46 heavy (non-hydrogen) atoms. The Balaban J connectivity index is 1.40. The van der Waals surface area contributed by atoms with Gasteiger partial charge in [-0.25, -0.2) is 0 Å². The van der Waals surface area contributed by atoms with E-state index in [2.05, 4.69) is 157 Å². The number of hydrogen-bond donors (Lipinski definition) is 0. The van der Waals surface area contributed by atoms with Crippen molar-refractivity contribution < 1.29 is 0 Å². The van der Waals surface area contributed by atoms with Gasteiger partial charge in [-0.05, 0) is 91.7 Å². The molecule has 6 aromatic rings. The van der Waals surface area contributed by atoms with Crippen LogP contribution in [0.3, 0.4) is 0 Å². The first-order valence-corrected chi connectivity index (χ1v) is 16.9. The van der Waals surface area contributed by atoms with Gasteiger partial charge in [0.25, 0.3) is 0 Å². The van der Waals surface area contributed by atoms with Crippen molar-refractivity contribution in [1.29, 1.82) is 0 Å². The van der Waals surface area contributed by atoms with Crippen molar-refractivity contribution in [3.8, 4) is 11.1 Å². The summed E-state index contributed by atoms with van der Waals surface area (Å²) in [7, 11) is 0. The minimum absolute atomic E-state index is 0.0402. The molecule has 0 saturated heterocycles. The van der Waals surface area contributed by atoms with Gasteiger partial charge in [-0.15, -0.1) is 0 Å². The fourth-order valence-electron chi connectivity index (χ4n) is 7.91. The van der Waals surface area contributed by atoms with Gasteiger partial charge in [-0.3, -0.25) is 4.99 Å². The summed E-state index contributed by atoms with van der Waals surface area (Å²) in [6.07, 6.45) is 6.51. The quantitative estimate of drug-likeness (QED) is 0.192. The van der Waals surface area contributed by atoms with E-state index in [0.717, 1.165) is 24.3 Å². The fourth-order valence-corrected chi connectivity index (χ4v) is 7.91. The molecule has 8 rings (SSSR count). The Bertz CT molecular complexity index is 2300. The first-order valence-electron chi connectivity index (χ1n) is 16.9. The molecular formula is C44H44N2. The molecule has 3 heterocycles. The summed E-state index contributed by atoms with van der Waals surface area (Å²) in [5, 5.41) is 5.25. The van der Waals surface area contributed by atoms with Crippen molar-refractivity contribution in [2.75, 3.05) is 0 Å². The second-order valence-corrected chi connectivity index (χ2v) is 15.8. The molecule has 0 spiro atoms. The van der Waals surface area contributed by atoms with Crippen molar-refractivity contribution >= 4 is 38.5 Å². The number of pyridine rings is 1. The smallest absolute Gasteiger partial charge is 0.0755 e. The van der Waals surface area contributed by atoms with Gasteiger partial charge in [0, 0.05) is 34.4 Å². The largest absolute Gasteiger partial charge is 0.314 e. The van der Waals surface area contributed by atoms with Crippen LogP contribution >= 0.6 is 0 Å². The van der Waals surface area contributed by atoms with Crippen molar-refractivity contribution in [1.82, 2.24) is 4.40 Å². The highest BCUT2D eigenvalue weighted by Crippen LogP contribution is 2.53. The highest BCUT2D eigenvalue weighted by Gasteiger charge is 2.38. The van der Waals surface area contributed by atoms with E-state index in [1.807, 2.05) is 0 Å². The van der Waals surface area contributed by atoms with Crippen LogP contribution in [-0.4, -0.2) is 10.1 Å². The van der Waals surface area contributed by atoms with E-state index >= 15 is 0 Å². The molecule has 0 fully saturated rings. The van der Waals surface area contributed by atoms with E-state index in [-0.39, 0.29) is 16.2 Å². The van der Waals surface area contributed by atoms with Crippen LogP contribution in [0, 0.1) is 5.41 Å². The molecule has 2 aromatic heterocycles. The lowest BCUT2D eigenvalue weighted by Crippen LogP contribution is -2.18. The average molecular weight is 601 g/mol. The van der Waals surface area contributed by atoms with E-state index in [0.29, 0.717) is 0 Å². The molecule has 0 unspecified atom stereocenters. The van der Waals surface area contributed by atoms with Gasteiger partial charge in [-0.1, -0.05) is 116 Å². The zero-order valence-electron chi connectivity index (χ0n) is 28.5. The molecule has 4 aromatic carbocycles. The molecule has 2 heteroatoms. The number of rotatable bonds is 3. The molecule has 1 aliphatic carbocycles. The third-order valence-electron chi connectivity index (χ3n) is 10.9. The number of aromatic nitrogens is 1. The number of aliphatic imine (C=N–C) groups is 1. The van der Waals surface area contributed by atoms with Crippen molar-refractivity contribution in [3.05, 3.63) is 131 Å². The van der Waals surface area contributed by atoms with Gasteiger partial charge in [0.15, 0.2) is 0 Å². The fraction of sp³-hybridized carbons (Fsp3) is 0.295. The van der Waals surface area contributed by atoms with Crippen LogP contribution in [0.2, 0.25) is 0 Å². The molecule has 230 valence electrons. The summed E-state index contributed by atoms with van der Waals surface area (Å²) >= 11 is 0. The normalized spacial score (nSPS) is 16.6. The van der Waals surface area contributed by atoms with Crippen LogP contribution in [0.15, 0.2) is 102 Å². The number of hydrogen-bond acceptors (Lipinski definition) is 1. The van der Waals surface area contributed by atoms with Gasteiger partial charge >= 0.3 is 0 Å². The standard InChI is InChI=1S/C44H44N2/c1-9-43(5,6)26-38-32-23-29(42(2,3)4)19-17-28(32)22-37(45-38)41-35-24-33-31-20-18-27-14-10-11-15-30(27)40(31)44(7,8)36(33)25-34(35)39-16-12-13-21-46(39)41/h10-21,23-26H,9,22H2,1-8H3/b38-26-. The van der Waals surface area contributed by atoms with Crippen LogP contribution in [-0.2, 0) is 17.3 Å². The summed E-state index contributed by atoms with van der Waals surface area (Å²) in [4.78, 5) is 5.59. The predicted molar refractivity (Wildman–Crippen MR) is 197 cm³/mol. The molecule has 0 saturated carbocycles. The van der Waals surface area contributed by atoms with E-state index in [1.54, 1.807) is 0 Å². The molecule has 0 bridgehead atoms. The Morgan fingerprint density at radius 2 is 1.57 bits per heavy atom. The zero-order chi connectivity index (χ0) is 32.2. The maximum atomic E-state index is 5.59. The summed E-state index contributed by atoms with van der Waals surface area (Å²) in [5.41, 5.74) is 14.3. The van der Waals surface area contributed by atoms with Gasteiger partial charge in [0.05, 0.1) is 22.6 Å². The summed E-state index contributed by atoms with van der Waals surface area (Å²) in [6.45, 7) is 18.6. The number of allylic oxidation sites excluding steroid dienone is 1. The van der Waals surface area contributed by atoms with Crippen LogP contribution in [0.25, 0.3) is 43.9 Å². The molecule has 1 aliphatic heterocycles. The number of fused-ring (bicyclic) bond motifs is 9. The molecule has 2 aliphatic rings. The highest BCUT2D eigenvalue weighted by atomic mass is 14.9. The van der Waals surface area contributed by atoms with Crippen LogP contribution in [0.1, 0.15) is 95.3 Å². The Labute approximate surface area is 273 Å². The summed E-state index contributed by atoms with van der Waals surface area (Å²) in [5.74, 6) is 0. The topological polar surface area (TPSA) is 16.8 Å². The first kappa shape index (κ1) is 29.0. The molecular weight excluding hydrogens is 556 g/mol. The van der Waals surface area contributed by atoms with Gasteiger partial charge in [-0.2, -0.15) is 0 Å². The second kappa shape index (κ2) is 9.79. The molecule has 2 nitrogen and oxygen atoms in total. The molecule has 0 N–H and O–H groups in total. The second-order valence-electron chi connectivity index (χ2n) is 15.8. The van der Waals surface area contributed by atoms with Crippen molar-refractivity contribution in [2.24, 2.45) is 10.4 Å². The Kier molecular flexibility index (Phi) is 6.17. The maximum absolute atomic E-state index is 5.59. The number of benzene rings is 4. The Hall–Kier alpha value is -4.43. The predicted octanol–water partition coefficient (Wildman–Crippen LogP) is 11.7. The van der Waals surface area contributed by atoms with Crippen LogP contribution in [0.4, 0.5) is 0 Å². The van der Waals surface area contributed by atoms with Crippen LogP contribution < -0.4 is 0 Å². The van der Waals surface area contributed by atoms with E-state index in [4.69, 9.17) is 4.99 Å². The zero-order valence-corrected chi connectivity index (χ0v) is 28.5. The maximum Gasteiger partial charge on any atom is 0.0755 e. The monoisotopic (exact) mass is 600 g/mol. The van der Waals surface area contributed by atoms with Gasteiger partial charge in [0.1, 0.15) is 0 Å². The van der Waals surface area contributed by atoms with Crippen molar-refractivity contribution in [3.63, 3.8) is 0 Å². The minimum atomic E-state index is -0.101. The van der Waals surface area contributed by atoms with E-state index in [1.165, 1.54) is 71.7 Å². The third-order valence-corrected chi connectivity index (χ3v) is 10.9. The van der Waals surface area contributed by atoms with Crippen molar-refractivity contribution in [2.45, 2.75) is 79.1 Å².